The molecule has 136 valence electrons. The van der Waals surface area contributed by atoms with Crippen molar-refractivity contribution < 1.29 is 19.2 Å². The number of quaternary nitrogens is 1. The molecule has 2 rings (SSSR count). The molecule has 0 bridgehead atoms. The lowest BCUT2D eigenvalue weighted by Gasteiger charge is -2.16. The van der Waals surface area contributed by atoms with Gasteiger partial charge in [0.25, 0.3) is 5.91 Å². The largest absolute Gasteiger partial charge is 0.493 e. The summed E-state index contributed by atoms with van der Waals surface area (Å²) in [6.45, 7) is 3.45. The highest BCUT2D eigenvalue weighted by Crippen LogP contribution is 2.27. The summed E-state index contributed by atoms with van der Waals surface area (Å²) < 4.78 is 10.9. The van der Waals surface area contributed by atoms with Crippen LogP contribution in [-0.4, -0.2) is 33.2 Å². The van der Waals surface area contributed by atoms with Crippen molar-refractivity contribution >= 4 is 11.6 Å². The van der Waals surface area contributed by atoms with Crippen molar-refractivity contribution in [2.45, 2.75) is 13.5 Å². The predicted molar refractivity (Wildman–Crippen MR) is 99.4 cm³/mol. The maximum Gasteiger partial charge on any atom is 0.279 e. The van der Waals surface area contributed by atoms with Gasteiger partial charge in [0.15, 0.2) is 18.0 Å². The minimum absolute atomic E-state index is 0.136. The number of anilines is 1. The van der Waals surface area contributed by atoms with Crippen LogP contribution in [0.25, 0.3) is 0 Å². The summed E-state index contributed by atoms with van der Waals surface area (Å²) in [7, 11) is 3.55. The molecule has 2 N–H and O–H groups in total. The number of ether oxygens (including phenoxy) is 2. The number of amides is 1. The minimum atomic E-state index is -0.136. The van der Waals surface area contributed by atoms with E-state index in [1.807, 2.05) is 32.2 Å². The van der Waals surface area contributed by atoms with Crippen LogP contribution in [0.4, 0.5) is 5.69 Å². The van der Waals surface area contributed by atoms with Crippen molar-refractivity contribution in [1.82, 2.24) is 0 Å². The minimum Gasteiger partial charge on any atom is -0.493 e. The number of hydrogen-bond donors (Lipinski definition) is 2. The summed E-state index contributed by atoms with van der Waals surface area (Å²) in [6.07, 6.45) is 0. The average molecular weight is 354 g/mol. The normalized spacial score (nSPS) is 11.3. The summed E-state index contributed by atoms with van der Waals surface area (Å²) in [5.74, 6) is 1.26. The number of likely N-dealkylation sites (N-methyl/N-ethyl adjacent to an activating group) is 1. The molecule has 0 saturated carbocycles. The zero-order valence-corrected chi connectivity index (χ0v) is 15.3. The molecule has 1 amide bonds. The molecule has 1 atom stereocenters. The molecule has 1 unspecified atom stereocenters. The molecule has 0 aliphatic carbocycles. The SMILES string of the molecule is CCOc1ccc(C[NH+](C)CC(=O)Nc2ccccc2C#N)cc1OC. The van der Waals surface area contributed by atoms with E-state index >= 15 is 0 Å². The Hall–Kier alpha value is -3.04. The van der Waals surface area contributed by atoms with E-state index in [9.17, 15) is 4.79 Å². The van der Waals surface area contributed by atoms with Crippen molar-refractivity contribution in [3.05, 3.63) is 53.6 Å². The van der Waals surface area contributed by atoms with Crippen LogP contribution in [0.5, 0.6) is 11.5 Å². The van der Waals surface area contributed by atoms with Gasteiger partial charge in [-0.05, 0) is 37.3 Å². The molecule has 0 heterocycles. The lowest BCUT2D eigenvalue weighted by Crippen LogP contribution is -3.08. The molecule has 0 radical (unpaired) electrons. The van der Waals surface area contributed by atoms with Gasteiger partial charge >= 0.3 is 0 Å². The number of nitrogens with zero attached hydrogens (tertiary/aromatic N) is 1. The Kier molecular flexibility index (Phi) is 7.01. The third-order valence-corrected chi connectivity index (χ3v) is 3.82. The van der Waals surface area contributed by atoms with E-state index in [1.165, 1.54) is 0 Å². The summed E-state index contributed by atoms with van der Waals surface area (Å²) in [4.78, 5) is 13.3. The average Bonchev–Trinajstić information content (AvgIpc) is 2.63. The fourth-order valence-electron chi connectivity index (χ4n) is 2.67. The van der Waals surface area contributed by atoms with Crippen LogP contribution in [0.2, 0.25) is 0 Å². The molecule has 26 heavy (non-hydrogen) atoms. The van der Waals surface area contributed by atoms with Gasteiger partial charge in [-0.1, -0.05) is 12.1 Å². The van der Waals surface area contributed by atoms with E-state index in [4.69, 9.17) is 14.7 Å². The zero-order chi connectivity index (χ0) is 18.9. The Labute approximate surface area is 153 Å². The van der Waals surface area contributed by atoms with Gasteiger partial charge in [0, 0.05) is 5.56 Å². The van der Waals surface area contributed by atoms with Crippen LogP contribution in [-0.2, 0) is 11.3 Å². The zero-order valence-electron chi connectivity index (χ0n) is 15.3. The lowest BCUT2D eigenvalue weighted by atomic mass is 10.2. The quantitative estimate of drug-likeness (QED) is 0.755. The predicted octanol–water partition coefficient (Wildman–Crippen LogP) is 1.62. The van der Waals surface area contributed by atoms with E-state index in [0.29, 0.717) is 35.9 Å². The van der Waals surface area contributed by atoms with Gasteiger partial charge in [0.05, 0.1) is 32.0 Å². The number of methoxy groups -OCH3 is 1. The first-order chi connectivity index (χ1) is 12.6. The molecule has 2 aromatic carbocycles. The molecular formula is C20H24N3O3+. The fourth-order valence-corrected chi connectivity index (χ4v) is 2.67. The van der Waals surface area contributed by atoms with Gasteiger partial charge in [-0.15, -0.1) is 0 Å². The molecule has 2 aromatic rings. The number of carbonyl (C=O) groups excluding carboxylic acids is 1. The second-order valence-corrected chi connectivity index (χ2v) is 5.93. The van der Waals surface area contributed by atoms with Crippen LogP contribution in [0, 0.1) is 11.3 Å². The monoisotopic (exact) mass is 354 g/mol. The number of para-hydroxylation sites is 1. The maximum atomic E-state index is 12.3. The standard InChI is InChI=1S/C20H23N3O3/c1-4-26-18-10-9-15(11-19(18)25-3)13-23(2)14-20(24)22-17-8-6-5-7-16(17)12-21/h5-11H,4,13-14H2,1-3H3,(H,22,24)/p+1. The van der Waals surface area contributed by atoms with Crippen LogP contribution < -0.4 is 19.7 Å². The van der Waals surface area contributed by atoms with Crippen molar-refractivity contribution in [2.75, 3.05) is 32.6 Å². The van der Waals surface area contributed by atoms with Crippen LogP contribution in [0.15, 0.2) is 42.5 Å². The second kappa shape index (κ2) is 9.44. The Balaban J connectivity index is 1.96. The van der Waals surface area contributed by atoms with Crippen LogP contribution in [0.1, 0.15) is 18.1 Å². The number of nitriles is 1. The number of hydrogen-bond acceptors (Lipinski definition) is 4. The van der Waals surface area contributed by atoms with E-state index < -0.39 is 0 Å². The Morgan fingerprint density at radius 1 is 1.23 bits per heavy atom. The van der Waals surface area contributed by atoms with Gasteiger partial charge in [0.2, 0.25) is 0 Å². The number of carbonyl (C=O) groups is 1. The number of nitrogens with one attached hydrogen (secondary N) is 2. The highest BCUT2D eigenvalue weighted by molar-refractivity contribution is 5.92. The smallest absolute Gasteiger partial charge is 0.279 e. The van der Waals surface area contributed by atoms with E-state index in [1.54, 1.807) is 31.4 Å². The molecule has 0 saturated heterocycles. The van der Waals surface area contributed by atoms with Gasteiger partial charge in [-0.2, -0.15) is 5.26 Å². The molecule has 0 aliphatic heterocycles. The first kappa shape index (κ1) is 19.3. The molecular weight excluding hydrogens is 330 g/mol. The van der Waals surface area contributed by atoms with Gasteiger partial charge in [0.1, 0.15) is 12.6 Å². The van der Waals surface area contributed by atoms with Crippen molar-refractivity contribution in [3.63, 3.8) is 0 Å². The Morgan fingerprint density at radius 3 is 2.69 bits per heavy atom. The number of rotatable bonds is 8. The molecule has 0 spiro atoms. The Morgan fingerprint density at radius 2 is 2.00 bits per heavy atom. The van der Waals surface area contributed by atoms with Crippen molar-refractivity contribution in [1.29, 1.82) is 5.26 Å². The molecule has 0 aromatic heterocycles. The second-order valence-electron chi connectivity index (χ2n) is 5.93. The van der Waals surface area contributed by atoms with Gasteiger partial charge in [-0.3, -0.25) is 4.79 Å². The van der Waals surface area contributed by atoms with E-state index in [0.717, 1.165) is 10.5 Å². The summed E-state index contributed by atoms with van der Waals surface area (Å²) in [5.41, 5.74) is 2.04. The fraction of sp³-hybridized carbons (Fsp3) is 0.300. The highest BCUT2D eigenvalue weighted by atomic mass is 16.5. The van der Waals surface area contributed by atoms with Crippen LogP contribution >= 0.6 is 0 Å². The molecule has 0 fully saturated rings. The topological polar surface area (TPSA) is 75.8 Å². The summed E-state index contributed by atoms with van der Waals surface area (Å²) in [6, 6.07) is 14.8. The maximum absolute atomic E-state index is 12.3. The third kappa shape index (κ3) is 5.23. The van der Waals surface area contributed by atoms with Gasteiger partial charge < -0.3 is 19.7 Å². The lowest BCUT2D eigenvalue weighted by molar-refractivity contribution is -0.885. The number of benzene rings is 2. The summed E-state index contributed by atoms with van der Waals surface area (Å²) >= 11 is 0. The highest BCUT2D eigenvalue weighted by Gasteiger charge is 2.14. The third-order valence-electron chi connectivity index (χ3n) is 3.82. The molecule has 6 nitrogen and oxygen atoms in total. The van der Waals surface area contributed by atoms with Crippen molar-refractivity contribution in [3.8, 4) is 17.6 Å². The van der Waals surface area contributed by atoms with Crippen LogP contribution in [0.3, 0.4) is 0 Å². The Bertz CT molecular complexity index is 799. The summed E-state index contributed by atoms with van der Waals surface area (Å²) in [5, 5.41) is 11.9. The first-order valence-corrected chi connectivity index (χ1v) is 8.47. The van der Waals surface area contributed by atoms with Crippen molar-refractivity contribution in [2.24, 2.45) is 0 Å². The molecule has 0 aliphatic rings. The van der Waals surface area contributed by atoms with E-state index in [2.05, 4.69) is 11.4 Å². The van der Waals surface area contributed by atoms with Gasteiger partial charge in [-0.25, -0.2) is 0 Å². The molecule has 6 heteroatoms. The first-order valence-electron chi connectivity index (χ1n) is 8.47. The van der Waals surface area contributed by atoms with E-state index in [-0.39, 0.29) is 12.5 Å².